The van der Waals surface area contributed by atoms with Crippen molar-refractivity contribution in [2.75, 3.05) is 0 Å². The molecule has 23 heavy (non-hydrogen) atoms. The Balaban J connectivity index is 1.41. The number of nitrogens with zero attached hydrogens (tertiary/aromatic N) is 3. The van der Waals surface area contributed by atoms with Gasteiger partial charge in [-0.3, -0.25) is 4.79 Å². The SMILES string of the molecule is Cc1nnc2n1C[C@@H](NC(=O)[C@@H]1Cc3cc(Cl)ccc3O1)CC2. The van der Waals surface area contributed by atoms with Crippen molar-refractivity contribution in [3.63, 3.8) is 0 Å². The second-order valence-corrected chi connectivity index (χ2v) is 6.52. The predicted octanol–water partition coefficient (Wildman–Crippen LogP) is 1.67. The largest absolute Gasteiger partial charge is 0.480 e. The molecule has 1 amide bonds. The topological polar surface area (TPSA) is 69.0 Å². The molecule has 0 saturated heterocycles. The lowest BCUT2D eigenvalue weighted by Crippen LogP contribution is -2.46. The van der Waals surface area contributed by atoms with Gasteiger partial charge in [0.1, 0.15) is 17.4 Å². The number of hydrogen-bond acceptors (Lipinski definition) is 4. The first kappa shape index (κ1) is 14.5. The number of rotatable bonds is 2. The molecule has 1 aromatic heterocycles. The molecular formula is C16H17ClN4O2. The molecule has 3 heterocycles. The number of carbonyl (C=O) groups excluding carboxylic acids is 1. The fraction of sp³-hybridized carbons (Fsp3) is 0.438. The molecule has 0 fully saturated rings. The summed E-state index contributed by atoms with van der Waals surface area (Å²) in [5, 5.41) is 12.0. The van der Waals surface area contributed by atoms with E-state index >= 15 is 0 Å². The van der Waals surface area contributed by atoms with Gasteiger partial charge in [-0.05, 0) is 37.1 Å². The molecule has 2 aliphatic rings. The predicted molar refractivity (Wildman–Crippen MR) is 84.6 cm³/mol. The summed E-state index contributed by atoms with van der Waals surface area (Å²) in [6.07, 6.45) is 1.78. The van der Waals surface area contributed by atoms with Gasteiger partial charge >= 0.3 is 0 Å². The summed E-state index contributed by atoms with van der Waals surface area (Å²) in [5.74, 6) is 2.55. The summed E-state index contributed by atoms with van der Waals surface area (Å²) in [5.41, 5.74) is 0.984. The monoisotopic (exact) mass is 332 g/mol. The highest BCUT2D eigenvalue weighted by Crippen LogP contribution is 2.31. The summed E-state index contributed by atoms with van der Waals surface area (Å²) < 4.78 is 7.81. The number of nitrogens with one attached hydrogen (secondary N) is 1. The first-order valence-electron chi connectivity index (χ1n) is 7.74. The minimum atomic E-state index is -0.480. The van der Waals surface area contributed by atoms with Crippen molar-refractivity contribution in [3.05, 3.63) is 40.4 Å². The number of hydrogen-bond donors (Lipinski definition) is 1. The molecule has 2 aliphatic heterocycles. The van der Waals surface area contributed by atoms with E-state index < -0.39 is 6.10 Å². The zero-order valence-electron chi connectivity index (χ0n) is 12.8. The minimum Gasteiger partial charge on any atom is -0.480 e. The van der Waals surface area contributed by atoms with Crippen LogP contribution in [0.3, 0.4) is 0 Å². The van der Waals surface area contributed by atoms with Crippen LogP contribution >= 0.6 is 11.6 Å². The van der Waals surface area contributed by atoms with Crippen molar-refractivity contribution in [1.82, 2.24) is 20.1 Å². The van der Waals surface area contributed by atoms with E-state index in [4.69, 9.17) is 16.3 Å². The highest BCUT2D eigenvalue weighted by Gasteiger charge is 2.31. The Hall–Kier alpha value is -2.08. The summed E-state index contributed by atoms with van der Waals surface area (Å²) in [7, 11) is 0. The number of amides is 1. The molecule has 0 unspecified atom stereocenters. The Labute approximate surface area is 138 Å². The van der Waals surface area contributed by atoms with Gasteiger partial charge in [0.25, 0.3) is 5.91 Å². The molecule has 6 nitrogen and oxygen atoms in total. The van der Waals surface area contributed by atoms with E-state index in [9.17, 15) is 4.79 Å². The standard InChI is InChI=1S/C16H17ClN4O2/c1-9-19-20-15-5-3-12(8-21(9)15)18-16(22)14-7-10-6-11(17)2-4-13(10)23-14/h2,4,6,12,14H,3,5,7-8H2,1H3,(H,18,22)/t12-,14-/m0/s1. The summed E-state index contributed by atoms with van der Waals surface area (Å²) in [6, 6.07) is 5.54. The summed E-state index contributed by atoms with van der Waals surface area (Å²) in [6.45, 7) is 2.65. The van der Waals surface area contributed by atoms with E-state index in [0.29, 0.717) is 18.0 Å². The number of ether oxygens (including phenoxy) is 1. The molecular weight excluding hydrogens is 316 g/mol. The fourth-order valence-electron chi connectivity index (χ4n) is 3.24. The first-order valence-corrected chi connectivity index (χ1v) is 8.12. The molecule has 0 radical (unpaired) electrons. The van der Waals surface area contributed by atoms with Gasteiger partial charge in [0.2, 0.25) is 0 Å². The van der Waals surface area contributed by atoms with Gasteiger partial charge in [-0.25, -0.2) is 0 Å². The third-order valence-corrected chi connectivity index (χ3v) is 4.70. The molecule has 0 bridgehead atoms. The Kier molecular flexibility index (Phi) is 3.49. The van der Waals surface area contributed by atoms with Crippen LogP contribution in [-0.4, -0.2) is 32.8 Å². The fourth-order valence-corrected chi connectivity index (χ4v) is 3.43. The highest BCUT2D eigenvalue weighted by atomic mass is 35.5. The van der Waals surface area contributed by atoms with Crippen LogP contribution in [0.1, 0.15) is 23.6 Å². The molecule has 0 saturated carbocycles. The van der Waals surface area contributed by atoms with Crippen LogP contribution in [0.25, 0.3) is 0 Å². The van der Waals surface area contributed by atoms with Gasteiger partial charge < -0.3 is 14.6 Å². The van der Waals surface area contributed by atoms with Crippen LogP contribution in [0.15, 0.2) is 18.2 Å². The molecule has 120 valence electrons. The lowest BCUT2D eigenvalue weighted by atomic mass is 10.1. The highest BCUT2D eigenvalue weighted by molar-refractivity contribution is 6.30. The van der Waals surface area contributed by atoms with Crippen LogP contribution in [0.2, 0.25) is 5.02 Å². The van der Waals surface area contributed by atoms with Crippen LogP contribution in [0.5, 0.6) is 5.75 Å². The molecule has 7 heteroatoms. The zero-order valence-corrected chi connectivity index (χ0v) is 13.5. The quantitative estimate of drug-likeness (QED) is 0.908. The van der Waals surface area contributed by atoms with Crippen molar-refractivity contribution in [2.24, 2.45) is 0 Å². The van der Waals surface area contributed by atoms with E-state index in [1.807, 2.05) is 19.1 Å². The summed E-state index contributed by atoms with van der Waals surface area (Å²) >= 11 is 5.99. The average Bonchev–Trinajstić information content (AvgIpc) is 3.11. The van der Waals surface area contributed by atoms with Crippen LogP contribution in [0.4, 0.5) is 0 Å². The summed E-state index contributed by atoms with van der Waals surface area (Å²) in [4.78, 5) is 12.5. The number of benzene rings is 1. The third kappa shape index (κ3) is 2.67. The molecule has 2 aromatic rings. The van der Waals surface area contributed by atoms with E-state index in [2.05, 4.69) is 20.1 Å². The second kappa shape index (κ2) is 5.53. The van der Waals surface area contributed by atoms with Crippen molar-refractivity contribution >= 4 is 17.5 Å². The van der Waals surface area contributed by atoms with Crippen molar-refractivity contribution in [1.29, 1.82) is 0 Å². The van der Waals surface area contributed by atoms with Gasteiger partial charge in [0.05, 0.1) is 0 Å². The maximum Gasteiger partial charge on any atom is 0.261 e. The van der Waals surface area contributed by atoms with Gasteiger partial charge in [0, 0.05) is 30.5 Å². The van der Waals surface area contributed by atoms with E-state index in [0.717, 1.165) is 35.8 Å². The van der Waals surface area contributed by atoms with E-state index in [1.165, 1.54) is 0 Å². The van der Waals surface area contributed by atoms with Gasteiger partial charge in [-0.2, -0.15) is 0 Å². The van der Waals surface area contributed by atoms with Crippen molar-refractivity contribution in [2.45, 2.75) is 44.9 Å². The van der Waals surface area contributed by atoms with Crippen molar-refractivity contribution < 1.29 is 9.53 Å². The smallest absolute Gasteiger partial charge is 0.261 e. The Morgan fingerprint density at radius 2 is 2.30 bits per heavy atom. The molecule has 0 spiro atoms. The first-order chi connectivity index (χ1) is 11.1. The van der Waals surface area contributed by atoms with E-state index in [-0.39, 0.29) is 11.9 Å². The Morgan fingerprint density at radius 3 is 3.17 bits per heavy atom. The molecule has 1 aromatic carbocycles. The van der Waals surface area contributed by atoms with Crippen molar-refractivity contribution in [3.8, 4) is 5.75 Å². The minimum absolute atomic E-state index is 0.0727. The number of carbonyl (C=O) groups is 1. The van der Waals surface area contributed by atoms with E-state index in [1.54, 1.807) is 6.07 Å². The number of fused-ring (bicyclic) bond motifs is 2. The third-order valence-electron chi connectivity index (χ3n) is 4.47. The maximum absolute atomic E-state index is 12.5. The molecule has 1 N–H and O–H groups in total. The number of aryl methyl sites for hydroxylation is 2. The second-order valence-electron chi connectivity index (χ2n) is 6.08. The van der Waals surface area contributed by atoms with Crippen LogP contribution < -0.4 is 10.1 Å². The Bertz CT molecular complexity index is 773. The Morgan fingerprint density at radius 1 is 1.43 bits per heavy atom. The number of aromatic nitrogens is 3. The lowest BCUT2D eigenvalue weighted by molar-refractivity contribution is -0.128. The maximum atomic E-state index is 12.5. The molecule has 4 rings (SSSR count). The van der Waals surface area contributed by atoms with Gasteiger partial charge in [-0.15, -0.1) is 10.2 Å². The zero-order chi connectivity index (χ0) is 16.0. The lowest BCUT2D eigenvalue weighted by Gasteiger charge is -2.26. The molecule has 2 atom stereocenters. The number of halogens is 1. The van der Waals surface area contributed by atoms with Gasteiger partial charge in [0.15, 0.2) is 6.10 Å². The van der Waals surface area contributed by atoms with Crippen LogP contribution in [0, 0.1) is 6.92 Å². The van der Waals surface area contributed by atoms with Crippen LogP contribution in [-0.2, 0) is 24.2 Å². The normalized spacial score (nSPS) is 22.2. The van der Waals surface area contributed by atoms with Gasteiger partial charge in [-0.1, -0.05) is 11.6 Å². The average molecular weight is 333 g/mol. The molecule has 0 aliphatic carbocycles.